The number of anilines is 2. The van der Waals surface area contributed by atoms with Crippen molar-refractivity contribution in [1.82, 2.24) is 15.6 Å². The van der Waals surface area contributed by atoms with Crippen LogP contribution in [0.3, 0.4) is 0 Å². The summed E-state index contributed by atoms with van der Waals surface area (Å²) in [6, 6.07) is 9.31. The molecule has 4 rings (SSSR count). The second kappa shape index (κ2) is 12.4. The Morgan fingerprint density at radius 2 is 1.60 bits per heavy atom. The molecule has 2 aromatic carbocycles. The number of hydrogen-bond acceptors (Lipinski definition) is 7. The second-order valence-corrected chi connectivity index (χ2v) is 8.97. The topological polar surface area (TPSA) is 122 Å². The lowest BCUT2D eigenvalue weighted by Crippen LogP contribution is -2.39. The number of rotatable bonds is 8. The van der Waals surface area contributed by atoms with Gasteiger partial charge < -0.3 is 30.3 Å². The first-order valence-corrected chi connectivity index (χ1v) is 12.5. The molecule has 10 nitrogen and oxygen atoms in total. The minimum absolute atomic E-state index is 0.0324. The molecule has 1 aliphatic heterocycles. The third-order valence-electron chi connectivity index (χ3n) is 6.51. The molecule has 0 radical (unpaired) electrons. The lowest BCUT2D eigenvalue weighted by molar-refractivity contribution is 0.0929. The van der Waals surface area contributed by atoms with Crippen LogP contribution in [0.4, 0.5) is 20.2 Å². The number of hydrogen-bond donors (Lipinski definition) is 3. The summed E-state index contributed by atoms with van der Waals surface area (Å²) in [4.78, 5) is 44.7. The molecule has 1 fully saturated rings. The summed E-state index contributed by atoms with van der Waals surface area (Å²) in [6.07, 6.45) is 2.12. The highest BCUT2D eigenvalue weighted by Gasteiger charge is 2.27. The smallest absolute Gasteiger partial charge is 0.261 e. The number of nitrogens with one attached hydrogen (secondary N) is 3. The summed E-state index contributed by atoms with van der Waals surface area (Å²) in [5.41, 5.74) is 1.19. The zero-order valence-electron chi connectivity index (χ0n) is 22.2. The van der Waals surface area contributed by atoms with Crippen molar-refractivity contribution in [2.75, 3.05) is 44.5 Å². The maximum absolute atomic E-state index is 14.1. The van der Waals surface area contributed by atoms with Gasteiger partial charge in [0.1, 0.15) is 17.5 Å². The van der Waals surface area contributed by atoms with Gasteiger partial charge in [0.25, 0.3) is 17.7 Å². The Labute approximate surface area is 229 Å². The fraction of sp³-hybridized carbons (Fsp3) is 0.286. The summed E-state index contributed by atoms with van der Waals surface area (Å²) in [7, 11) is 4.30. The van der Waals surface area contributed by atoms with E-state index in [4.69, 9.17) is 9.47 Å². The average Bonchev–Trinajstić information content (AvgIpc) is 2.97. The van der Waals surface area contributed by atoms with Crippen molar-refractivity contribution in [1.29, 1.82) is 0 Å². The SMILES string of the molecule is CNC(=O)c1cc(NC(=O)c2cccnc2OC)c(N2CCC(Oc3ccc(F)cc3F)CC2)cc1C(=O)NC. The lowest BCUT2D eigenvalue weighted by Gasteiger charge is -2.35. The van der Waals surface area contributed by atoms with Crippen molar-refractivity contribution < 1.29 is 32.6 Å². The predicted octanol–water partition coefficient (Wildman–Crippen LogP) is 3.39. The summed E-state index contributed by atoms with van der Waals surface area (Å²) < 4.78 is 38.3. The fourth-order valence-electron chi connectivity index (χ4n) is 4.48. The Morgan fingerprint density at radius 3 is 2.23 bits per heavy atom. The predicted molar refractivity (Wildman–Crippen MR) is 144 cm³/mol. The molecule has 0 bridgehead atoms. The average molecular weight is 554 g/mol. The van der Waals surface area contributed by atoms with E-state index in [0.717, 1.165) is 12.1 Å². The highest BCUT2D eigenvalue weighted by atomic mass is 19.1. The number of carbonyl (C=O) groups excluding carboxylic acids is 3. The van der Waals surface area contributed by atoms with Gasteiger partial charge in [-0.25, -0.2) is 13.8 Å². The Morgan fingerprint density at radius 1 is 0.925 bits per heavy atom. The van der Waals surface area contributed by atoms with Crippen LogP contribution >= 0.6 is 0 Å². The van der Waals surface area contributed by atoms with Gasteiger partial charge in [0.15, 0.2) is 11.6 Å². The Kier molecular flexibility index (Phi) is 8.77. The third-order valence-corrected chi connectivity index (χ3v) is 6.51. The highest BCUT2D eigenvalue weighted by Crippen LogP contribution is 2.34. The Balaban J connectivity index is 1.66. The lowest BCUT2D eigenvalue weighted by atomic mass is 10.00. The third kappa shape index (κ3) is 6.11. The van der Waals surface area contributed by atoms with Crippen LogP contribution in [0.2, 0.25) is 0 Å². The maximum Gasteiger partial charge on any atom is 0.261 e. The maximum atomic E-state index is 14.1. The number of carbonyl (C=O) groups is 3. The van der Waals surface area contributed by atoms with Gasteiger partial charge in [-0.3, -0.25) is 14.4 Å². The largest absolute Gasteiger partial charge is 0.487 e. The normalized spacial score (nSPS) is 13.4. The second-order valence-electron chi connectivity index (χ2n) is 8.97. The summed E-state index contributed by atoms with van der Waals surface area (Å²) in [5, 5.41) is 7.90. The van der Waals surface area contributed by atoms with E-state index in [-0.39, 0.29) is 34.4 Å². The molecule has 3 aromatic rings. The number of pyridine rings is 1. The standard InChI is InChI=1S/C28H29F2N5O5/c1-31-25(36)19-14-22(34-27(38)18-5-4-10-33-28(18)39-3)23(15-20(19)26(37)32-2)35-11-8-17(9-12-35)40-24-7-6-16(29)13-21(24)30/h4-7,10,13-15,17H,8-9,11-12H2,1-3H3,(H,31,36)(H,32,37)(H,34,38). The van der Waals surface area contributed by atoms with Crippen LogP contribution in [0.5, 0.6) is 11.6 Å². The molecule has 12 heteroatoms. The molecule has 0 atom stereocenters. The van der Waals surface area contributed by atoms with Gasteiger partial charge in [0.2, 0.25) is 5.88 Å². The number of aromatic nitrogens is 1. The number of ether oxygens (including phenoxy) is 2. The van der Waals surface area contributed by atoms with Crippen molar-refractivity contribution >= 4 is 29.1 Å². The van der Waals surface area contributed by atoms with Crippen LogP contribution in [0.1, 0.15) is 43.9 Å². The van der Waals surface area contributed by atoms with Crippen LogP contribution in [-0.4, -0.2) is 63.1 Å². The monoisotopic (exact) mass is 553 g/mol. The first-order valence-electron chi connectivity index (χ1n) is 12.5. The van der Waals surface area contributed by atoms with E-state index in [1.165, 1.54) is 39.5 Å². The first kappa shape index (κ1) is 28.3. The minimum Gasteiger partial charge on any atom is -0.487 e. The van der Waals surface area contributed by atoms with Crippen LogP contribution in [0, 0.1) is 11.6 Å². The zero-order valence-corrected chi connectivity index (χ0v) is 22.2. The molecule has 3 N–H and O–H groups in total. The van der Waals surface area contributed by atoms with Crippen LogP contribution in [0.15, 0.2) is 48.7 Å². The number of halogens is 2. The van der Waals surface area contributed by atoms with E-state index in [9.17, 15) is 23.2 Å². The number of methoxy groups -OCH3 is 1. The van der Waals surface area contributed by atoms with E-state index >= 15 is 0 Å². The molecular formula is C28H29F2N5O5. The fourth-order valence-corrected chi connectivity index (χ4v) is 4.48. The Hall–Kier alpha value is -4.74. The van der Waals surface area contributed by atoms with Gasteiger partial charge in [-0.05, 0) is 36.4 Å². The van der Waals surface area contributed by atoms with Gasteiger partial charge >= 0.3 is 0 Å². The molecular weight excluding hydrogens is 524 g/mol. The van der Waals surface area contributed by atoms with Crippen molar-refractivity contribution in [3.63, 3.8) is 0 Å². The van der Waals surface area contributed by atoms with E-state index in [1.54, 1.807) is 18.2 Å². The minimum atomic E-state index is -0.779. The quantitative estimate of drug-likeness (QED) is 0.391. The van der Waals surface area contributed by atoms with E-state index in [0.29, 0.717) is 37.3 Å². The molecule has 0 aliphatic carbocycles. The van der Waals surface area contributed by atoms with E-state index in [2.05, 4.69) is 20.9 Å². The number of piperidine rings is 1. The molecule has 0 saturated carbocycles. The van der Waals surface area contributed by atoms with E-state index < -0.39 is 29.4 Å². The molecule has 0 spiro atoms. The molecule has 1 aliphatic rings. The molecule has 1 saturated heterocycles. The van der Waals surface area contributed by atoms with Gasteiger partial charge in [-0.15, -0.1) is 0 Å². The summed E-state index contributed by atoms with van der Waals surface area (Å²) >= 11 is 0. The van der Waals surface area contributed by atoms with Crippen molar-refractivity contribution in [2.24, 2.45) is 0 Å². The number of nitrogens with zero attached hydrogens (tertiary/aromatic N) is 2. The van der Waals surface area contributed by atoms with Crippen LogP contribution < -0.4 is 30.3 Å². The molecule has 2 heterocycles. The molecule has 40 heavy (non-hydrogen) atoms. The molecule has 3 amide bonds. The van der Waals surface area contributed by atoms with Crippen LogP contribution in [0.25, 0.3) is 0 Å². The molecule has 1 aromatic heterocycles. The zero-order chi connectivity index (χ0) is 28.8. The van der Waals surface area contributed by atoms with Crippen molar-refractivity contribution in [2.45, 2.75) is 18.9 Å². The first-order chi connectivity index (χ1) is 19.2. The number of amides is 3. The van der Waals surface area contributed by atoms with Crippen LogP contribution in [-0.2, 0) is 0 Å². The van der Waals surface area contributed by atoms with Gasteiger partial charge in [0.05, 0.1) is 29.6 Å². The van der Waals surface area contributed by atoms with E-state index in [1.807, 2.05) is 4.90 Å². The molecule has 210 valence electrons. The van der Waals surface area contributed by atoms with Gasteiger partial charge in [0, 0.05) is 52.3 Å². The van der Waals surface area contributed by atoms with Crippen molar-refractivity contribution in [3.05, 3.63) is 77.0 Å². The van der Waals surface area contributed by atoms with Gasteiger partial charge in [-0.1, -0.05) is 0 Å². The highest BCUT2D eigenvalue weighted by molar-refractivity contribution is 6.12. The summed E-state index contributed by atoms with van der Waals surface area (Å²) in [6.45, 7) is 0.859. The summed E-state index contributed by atoms with van der Waals surface area (Å²) in [5.74, 6) is -2.88. The number of benzene rings is 2. The molecule has 0 unspecified atom stereocenters. The van der Waals surface area contributed by atoms with Crippen molar-refractivity contribution in [3.8, 4) is 11.6 Å². The Bertz CT molecular complexity index is 1430. The van der Waals surface area contributed by atoms with Gasteiger partial charge in [-0.2, -0.15) is 0 Å².